The highest BCUT2D eigenvalue weighted by molar-refractivity contribution is 6.32. The second kappa shape index (κ2) is 8.26. The third-order valence-corrected chi connectivity index (χ3v) is 4.81. The molecule has 0 saturated carbocycles. The number of nitro groups is 1. The molecule has 1 amide bonds. The van der Waals surface area contributed by atoms with Crippen LogP contribution < -0.4 is 9.64 Å². The molecule has 0 aliphatic carbocycles. The van der Waals surface area contributed by atoms with E-state index in [9.17, 15) is 14.9 Å². The van der Waals surface area contributed by atoms with Crippen molar-refractivity contribution in [1.82, 2.24) is 4.90 Å². The Hall–Kier alpha value is -2.80. The minimum atomic E-state index is -0.416. The summed E-state index contributed by atoms with van der Waals surface area (Å²) in [6.07, 6.45) is 0. The largest absolute Gasteiger partial charge is 0.482 e. The van der Waals surface area contributed by atoms with E-state index in [0.717, 1.165) is 11.3 Å². The number of hydrogen-bond acceptors (Lipinski definition) is 5. The number of halogens is 1. The van der Waals surface area contributed by atoms with E-state index >= 15 is 0 Å². The minimum absolute atomic E-state index is 0.0549. The molecule has 1 fully saturated rings. The quantitative estimate of drug-likeness (QED) is 0.579. The fourth-order valence-electron chi connectivity index (χ4n) is 2.95. The Morgan fingerprint density at radius 3 is 2.44 bits per heavy atom. The first kappa shape index (κ1) is 19.0. The van der Waals surface area contributed by atoms with Crippen LogP contribution in [-0.2, 0) is 4.79 Å². The first-order valence-electron chi connectivity index (χ1n) is 8.60. The zero-order valence-corrected chi connectivity index (χ0v) is 15.7. The van der Waals surface area contributed by atoms with E-state index in [4.69, 9.17) is 16.3 Å². The average molecular weight is 390 g/mol. The Kier molecular flexibility index (Phi) is 5.81. The van der Waals surface area contributed by atoms with Crippen LogP contribution in [0.25, 0.3) is 0 Å². The molecular formula is C19H20ClN3O4. The highest BCUT2D eigenvalue weighted by atomic mass is 35.5. The molecule has 1 aliphatic heterocycles. The smallest absolute Gasteiger partial charge is 0.269 e. The Morgan fingerprint density at radius 1 is 1.15 bits per heavy atom. The highest BCUT2D eigenvalue weighted by Crippen LogP contribution is 2.25. The Morgan fingerprint density at radius 2 is 1.81 bits per heavy atom. The molecule has 8 heteroatoms. The third-order valence-electron chi connectivity index (χ3n) is 4.50. The molecule has 0 aromatic heterocycles. The molecule has 27 heavy (non-hydrogen) atoms. The van der Waals surface area contributed by atoms with Gasteiger partial charge in [-0.1, -0.05) is 17.7 Å². The summed E-state index contributed by atoms with van der Waals surface area (Å²) < 4.78 is 5.58. The minimum Gasteiger partial charge on any atom is -0.482 e. The molecule has 1 heterocycles. The molecule has 0 N–H and O–H groups in total. The number of carbonyl (C=O) groups excluding carboxylic acids is 1. The summed E-state index contributed by atoms with van der Waals surface area (Å²) in [6, 6.07) is 11.9. The number of hydrogen-bond donors (Lipinski definition) is 0. The zero-order chi connectivity index (χ0) is 19.4. The van der Waals surface area contributed by atoms with Crippen molar-refractivity contribution in [3.8, 4) is 5.75 Å². The van der Waals surface area contributed by atoms with Gasteiger partial charge in [-0.3, -0.25) is 14.9 Å². The standard InChI is InChI=1S/C19H20ClN3O4/c1-14-2-7-17(20)18(12-14)27-13-19(24)22-10-8-21(9-11-22)15-3-5-16(6-4-15)23(25)26/h2-7,12H,8-11,13H2,1H3. The second-order valence-corrected chi connectivity index (χ2v) is 6.77. The maximum atomic E-state index is 12.4. The van der Waals surface area contributed by atoms with Gasteiger partial charge in [0.25, 0.3) is 11.6 Å². The molecule has 7 nitrogen and oxygen atoms in total. The van der Waals surface area contributed by atoms with Crippen molar-refractivity contribution in [3.05, 3.63) is 63.2 Å². The first-order chi connectivity index (χ1) is 12.9. The summed E-state index contributed by atoms with van der Waals surface area (Å²) in [5.41, 5.74) is 1.99. The number of anilines is 1. The summed E-state index contributed by atoms with van der Waals surface area (Å²) in [5.74, 6) is 0.422. The number of amides is 1. The van der Waals surface area contributed by atoms with Gasteiger partial charge < -0.3 is 14.5 Å². The lowest BCUT2D eigenvalue weighted by Crippen LogP contribution is -2.50. The van der Waals surface area contributed by atoms with Crippen molar-refractivity contribution in [2.75, 3.05) is 37.7 Å². The van der Waals surface area contributed by atoms with Gasteiger partial charge in [-0.15, -0.1) is 0 Å². The molecule has 142 valence electrons. The number of non-ortho nitro benzene ring substituents is 1. The van der Waals surface area contributed by atoms with E-state index < -0.39 is 4.92 Å². The molecule has 0 bridgehead atoms. The van der Waals surface area contributed by atoms with Gasteiger partial charge in [0.2, 0.25) is 0 Å². The van der Waals surface area contributed by atoms with Gasteiger partial charge in [-0.25, -0.2) is 0 Å². The fourth-order valence-corrected chi connectivity index (χ4v) is 3.12. The monoisotopic (exact) mass is 389 g/mol. The van der Waals surface area contributed by atoms with Gasteiger partial charge in [0, 0.05) is 44.0 Å². The van der Waals surface area contributed by atoms with Crippen molar-refractivity contribution in [2.45, 2.75) is 6.92 Å². The maximum absolute atomic E-state index is 12.4. The molecule has 2 aromatic rings. The predicted molar refractivity (Wildman–Crippen MR) is 104 cm³/mol. The van der Waals surface area contributed by atoms with E-state index in [1.54, 1.807) is 23.1 Å². The SMILES string of the molecule is Cc1ccc(Cl)c(OCC(=O)N2CCN(c3ccc([N+](=O)[O-])cc3)CC2)c1. The number of piperazine rings is 1. The van der Waals surface area contributed by atoms with Crippen LogP contribution in [0.15, 0.2) is 42.5 Å². The zero-order valence-electron chi connectivity index (χ0n) is 14.9. The molecule has 0 spiro atoms. The highest BCUT2D eigenvalue weighted by Gasteiger charge is 2.22. The van der Waals surface area contributed by atoms with Crippen LogP contribution in [0.2, 0.25) is 5.02 Å². The lowest BCUT2D eigenvalue weighted by atomic mass is 10.2. The van der Waals surface area contributed by atoms with Crippen LogP contribution in [0.3, 0.4) is 0 Å². The number of benzene rings is 2. The molecule has 2 aromatic carbocycles. The number of aryl methyl sites for hydroxylation is 1. The Bertz CT molecular complexity index is 833. The van der Waals surface area contributed by atoms with Gasteiger partial charge >= 0.3 is 0 Å². The number of nitrogens with zero attached hydrogens (tertiary/aromatic N) is 3. The number of nitro benzene ring substituents is 1. The fraction of sp³-hybridized carbons (Fsp3) is 0.316. The predicted octanol–water partition coefficient (Wildman–Crippen LogP) is 3.28. The van der Waals surface area contributed by atoms with Gasteiger partial charge in [-0.2, -0.15) is 0 Å². The van der Waals surface area contributed by atoms with E-state index in [2.05, 4.69) is 4.90 Å². The molecule has 1 aliphatic rings. The van der Waals surface area contributed by atoms with Gasteiger partial charge in [0.15, 0.2) is 6.61 Å². The van der Waals surface area contributed by atoms with E-state index in [1.807, 2.05) is 19.1 Å². The summed E-state index contributed by atoms with van der Waals surface area (Å²) in [4.78, 5) is 26.6. The van der Waals surface area contributed by atoms with Gasteiger partial charge in [0.05, 0.1) is 9.95 Å². The van der Waals surface area contributed by atoms with Crippen molar-refractivity contribution >= 4 is 28.9 Å². The molecule has 1 saturated heterocycles. The average Bonchev–Trinajstić information content (AvgIpc) is 2.68. The van der Waals surface area contributed by atoms with Gasteiger partial charge in [0.1, 0.15) is 5.75 Å². The lowest BCUT2D eigenvalue weighted by Gasteiger charge is -2.36. The van der Waals surface area contributed by atoms with Crippen molar-refractivity contribution in [3.63, 3.8) is 0 Å². The summed E-state index contributed by atoms with van der Waals surface area (Å²) in [5, 5.41) is 11.2. The number of rotatable bonds is 5. The Labute approximate surface area is 162 Å². The maximum Gasteiger partial charge on any atom is 0.269 e. The molecule has 0 radical (unpaired) electrons. The Balaban J connectivity index is 1.51. The molecule has 0 atom stereocenters. The molecular weight excluding hydrogens is 370 g/mol. The van der Waals surface area contributed by atoms with Crippen molar-refractivity contribution < 1.29 is 14.5 Å². The summed E-state index contributed by atoms with van der Waals surface area (Å²) in [6.45, 7) is 4.34. The van der Waals surface area contributed by atoms with Crippen molar-refractivity contribution in [2.24, 2.45) is 0 Å². The van der Waals surface area contributed by atoms with Gasteiger partial charge in [-0.05, 0) is 36.8 Å². The first-order valence-corrected chi connectivity index (χ1v) is 8.98. The number of ether oxygens (including phenoxy) is 1. The molecule has 0 unspecified atom stereocenters. The number of carbonyl (C=O) groups is 1. The summed E-state index contributed by atoms with van der Waals surface area (Å²) in [7, 11) is 0. The third kappa shape index (κ3) is 4.68. The van der Waals surface area contributed by atoms with Crippen LogP contribution in [0.4, 0.5) is 11.4 Å². The lowest BCUT2D eigenvalue weighted by molar-refractivity contribution is -0.384. The summed E-state index contributed by atoms with van der Waals surface area (Å²) >= 11 is 6.08. The van der Waals surface area contributed by atoms with Crippen LogP contribution >= 0.6 is 11.6 Å². The van der Waals surface area contributed by atoms with E-state index in [1.165, 1.54) is 12.1 Å². The van der Waals surface area contributed by atoms with Crippen LogP contribution in [0.1, 0.15) is 5.56 Å². The normalized spacial score (nSPS) is 14.1. The van der Waals surface area contributed by atoms with Crippen LogP contribution in [-0.4, -0.2) is 48.5 Å². The topological polar surface area (TPSA) is 75.9 Å². The molecule has 3 rings (SSSR count). The van der Waals surface area contributed by atoms with Crippen LogP contribution in [0, 0.1) is 17.0 Å². The van der Waals surface area contributed by atoms with E-state index in [0.29, 0.717) is 37.0 Å². The van der Waals surface area contributed by atoms with E-state index in [-0.39, 0.29) is 18.2 Å². The van der Waals surface area contributed by atoms with Crippen LogP contribution in [0.5, 0.6) is 5.75 Å². The van der Waals surface area contributed by atoms with Crippen molar-refractivity contribution in [1.29, 1.82) is 0 Å². The second-order valence-electron chi connectivity index (χ2n) is 6.36.